The molecule has 13 nitrogen and oxygen atoms in total. The van der Waals surface area contributed by atoms with Gasteiger partial charge in [-0.15, -0.1) is 10.2 Å². The first-order valence-corrected chi connectivity index (χ1v) is 14.2. The molecule has 0 saturated heterocycles. The van der Waals surface area contributed by atoms with E-state index in [1.807, 2.05) is 20.2 Å². The lowest BCUT2D eigenvalue weighted by Gasteiger charge is -2.17. The molecule has 7 N–H and O–H groups in total. The largest absolute Gasteiger partial charge is 0.375 e. The smallest absolute Gasteiger partial charge is 0.241 e. The maximum atomic E-state index is 13.2. The summed E-state index contributed by atoms with van der Waals surface area (Å²) in [5.74, 6) is -0.141. The number of tetrazole rings is 1. The highest BCUT2D eigenvalue weighted by molar-refractivity contribution is 7.92. The quantitative estimate of drug-likeness (QED) is 0.169. The van der Waals surface area contributed by atoms with E-state index in [0.29, 0.717) is 28.2 Å². The van der Waals surface area contributed by atoms with Crippen LogP contribution in [0.15, 0.2) is 40.1 Å². The topological polar surface area (TPSA) is 204 Å². The number of nitrogens with two attached hydrogens (primary N) is 2. The molecule has 0 aliphatic heterocycles. The van der Waals surface area contributed by atoms with Gasteiger partial charge in [-0.1, -0.05) is 29.5 Å². The molecule has 0 unspecified atom stereocenters. The number of aromatic amines is 1. The van der Waals surface area contributed by atoms with E-state index >= 15 is 0 Å². The van der Waals surface area contributed by atoms with Crippen LogP contribution in [-0.4, -0.2) is 69.6 Å². The van der Waals surface area contributed by atoms with Gasteiger partial charge in [0.2, 0.25) is 25.9 Å². The van der Waals surface area contributed by atoms with Crippen molar-refractivity contribution < 1.29 is 21.7 Å². The van der Waals surface area contributed by atoms with Crippen molar-refractivity contribution in [2.45, 2.75) is 16.2 Å². The molecule has 0 atom stereocenters. The van der Waals surface area contributed by atoms with Crippen molar-refractivity contribution in [3.8, 4) is 22.5 Å². The zero-order valence-electron chi connectivity index (χ0n) is 18.8. The molecule has 0 aliphatic carbocycles. The van der Waals surface area contributed by atoms with Crippen LogP contribution in [0, 0.1) is 0 Å². The molecular weight excluding hydrogens is 514 g/mol. The van der Waals surface area contributed by atoms with Gasteiger partial charge in [0.1, 0.15) is 9.79 Å². The van der Waals surface area contributed by atoms with E-state index in [9.17, 15) is 16.8 Å². The van der Waals surface area contributed by atoms with Crippen LogP contribution in [0.4, 0.5) is 5.13 Å². The number of benzene rings is 2. The van der Waals surface area contributed by atoms with Crippen molar-refractivity contribution in [3.05, 3.63) is 30.3 Å². The molecule has 0 bridgehead atoms. The Bertz CT molecular complexity index is 1580. The molecule has 0 aliphatic rings. The average Bonchev–Trinajstić information content (AvgIpc) is 3.43. The number of thiazole rings is 1. The minimum atomic E-state index is -4.58. The lowest BCUT2D eigenvalue weighted by Crippen LogP contribution is -3.05. The van der Waals surface area contributed by atoms with Gasteiger partial charge in [-0.05, 0) is 22.9 Å². The van der Waals surface area contributed by atoms with Gasteiger partial charge in [-0.3, -0.25) is 0 Å². The summed E-state index contributed by atoms with van der Waals surface area (Å²) in [7, 11) is -4.96. The van der Waals surface area contributed by atoms with Crippen LogP contribution in [0.3, 0.4) is 0 Å². The molecular formula is C19H24N9O4S3+. The molecule has 0 fully saturated rings. The van der Waals surface area contributed by atoms with Gasteiger partial charge in [-0.2, -0.15) is 5.21 Å². The number of hydrogen-bond donors (Lipinski definition) is 5. The number of aromatic nitrogens is 5. The van der Waals surface area contributed by atoms with Crippen molar-refractivity contribution in [1.29, 1.82) is 0 Å². The molecule has 2 aromatic carbocycles. The van der Waals surface area contributed by atoms with Crippen molar-refractivity contribution in [3.63, 3.8) is 0 Å². The molecule has 16 heteroatoms. The lowest BCUT2D eigenvalue weighted by molar-refractivity contribution is -0.858. The maximum Gasteiger partial charge on any atom is 0.241 e. The van der Waals surface area contributed by atoms with E-state index in [1.165, 1.54) is 23.5 Å². The lowest BCUT2D eigenvalue weighted by atomic mass is 9.98. The minimum Gasteiger partial charge on any atom is -0.375 e. The van der Waals surface area contributed by atoms with Crippen LogP contribution >= 0.6 is 11.3 Å². The Morgan fingerprint density at radius 3 is 2.54 bits per heavy atom. The number of primary sulfonamides is 1. The molecule has 35 heavy (non-hydrogen) atoms. The predicted molar refractivity (Wildman–Crippen MR) is 131 cm³/mol. The Morgan fingerprint density at radius 2 is 1.89 bits per heavy atom. The molecule has 2 heterocycles. The second-order valence-electron chi connectivity index (χ2n) is 8.01. The van der Waals surface area contributed by atoms with Crippen LogP contribution in [0.5, 0.6) is 0 Å². The molecule has 4 aromatic rings. The number of hydrogen-bond acceptors (Lipinski definition) is 10. The fourth-order valence-electron chi connectivity index (χ4n) is 3.68. The molecule has 0 saturated carbocycles. The van der Waals surface area contributed by atoms with Crippen molar-refractivity contribution in [2.24, 2.45) is 5.14 Å². The van der Waals surface area contributed by atoms with Crippen LogP contribution in [-0.2, 0) is 20.0 Å². The van der Waals surface area contributed by atoms with Gasteiger partial charge in [-0.25, -0.2) is 31.7 Å². The Kier molecular flexibility index (Phi) is 6.85. The van der Waals surface area contributed by atoms with E-state index in [1.54, 1.807) is 12.1 Å². The molecule has 2 aromatic heterocycles. The number of para-hydroxylation sites is 1. The molecule has 4 rings (SSSR count). The van der Waals surface area contributed by atoms with Gasteiger partial charge < -0.3 is 10.6 Å². The Labute approximate surface area is 205 Å². The zero-order chi connectivity index (χ0) is 25.4. The van der Waals surface area contributed by atoms with Gasteiger partial charge in [0, 0.05) is 18.5 Å². The normalized spacial score (nSPS) is 12.6. The highest BCUT2D eigenvalue weighted by Gasteiger charge is 2.32. The first-order valence-electron chi connectivity index (χ1n) is 10.4. The first kappa shape index (κ1) is 25.1. The standard InChI is InChI=1S/C19H23N9O4S3/c1-28(2)10-4-9-22-35(31,32)14-8-7-11(12-5-3-6-13-16(12)23-19(20)33-13)15(17(14)34(21,29)30)18-24-26-27-25-18/h3,5-8,22H,4,9-10H2,1-2H3,(H2,20,23)(H2,21,29,30)(H,24,25,26,27)/p+1. The van der Waals surface area contributed by atoms with E-state index in [0.717, 1.165) is 16.1 Å². The highest BCUT2D eigenvalue weighted by atomic mass is 32.2. The Balaban J connectivity index is 1.97. The zero-order valence-corrected chi connectivity index (χ0v) is 21.3. The maximum absolute atomic E-state index is 13.2. The van der Waals surface area contributed by atoms with Crippen LogP contribution in [0.1, 0.15) is 6.42 Å². The second kappa shape index (κ2) is 9.56. The average molecular weight is 539 g/mol. The third kappa shape index (κ3) is 5.16. The van der Waals surface area contributed by atoms with Gasteiger partial charge in [0.25, 0.3) is 0 Å². The molecule has 0 spiro atoms. The van der Waals surface area contributed by atoms with Gasteiger partial charge in [0.05, 0.1) is 36.4 Å². The highest BCUT2D eigenvalue weighted by Crippen LogP contribution is 2.41. The SMILES string of the molecule is C[NH+](C)CCCNS(=O)(=O)c1ccc(-c2cccc3sc(N)nc23)c(-c2nn[nH]n2)c1S(N)(=O)=O. The predicted octanol–water partition coefficient (Wildman–Crippen LogP) is -0.814. The molecule has 0 amide bonds. The summed E-state index contributed by atoms with van der Waals surface area (Å²) in [6, 6.07) is 7.96. The second-order valence-corrected chi connectivity index (χ2v) is 12.3. The van der Waals surface area contributed by atoms with Crippen LogP contribution < -0.4 is 20.5 Å². The van der Waals surface area contributed by atoms with Crippen molar-refractivity contribution in [1.82, 2.24) is 30.3 Å². The number of quaternary nitrogens is 1. The summed E-state index contributed by atoms with van der Waals surface area (Å²) in [6.45, 7) is 0.840. The molecule has 0 radical (unpaired) electrons. The van der Waals surface area contributed by atoms with Gasteiger partial charge >= 0.3 is 0 Å². The van der Waals surface area contributed by atoms with E-state index in [2.05, 4.69) is 30.3 Å². The fourth-order valence-corrected chi connectivity index (χ4v) is 7.12. The summed E-state index contributed by atoms with van der Waals surface area (Å²) in [4.78, 5) is 4.36. The Morgan fingerprint density at radius 1 is 1.11 bits per heavy atom. The fraction of sp³-hybridized carbons (Fsp3) is 0.263. The first-order chi connectivity index (χ1) is 16.5. The minimum absolute atomic E-state index is 0.110. The monoisotopic (exact) mass is 538 g/mol. The number of rotatable bonds is 9. The third-order valence-electron chi connectivity index (χ3n) is 5.14. The number of nitrogens with one attached hydrogen (secondary N) is 3. The number of H-pyrrole nitrogens is 1. The van der Waals surface area contributed by atoms with Crippen molar-refractivity contribution >= 4 is 46.7 Å². The summed E-state index contributed by atoms with van der Waals surface area (Å²) < 4.78 is 55.3. The van der Waals surface area contributed by atoms with Crippen LogP contribution in [0.2, 0.25) is 0 Å². The molecule has 186 valence electrons. The van der Waals surface area contributed by atoms with Gasteiger partial charge in [0.15, 0.2) is 5.13 Å². The third-order valence-corrected chi connectivity index (χ3v) is 8.61. The summed E-state index contributed by atoms with van der Waals surface area (Å²) in [6.07, 6.45) is 0.551. The Hall–Kier alpha value is -3.02. The summed E-state index contributed by atoms with van der Waals surface area (Å²) in [5.41, 5.74) is 7.11. The van der Waals surface area contributed by atoms with E-state index in [-0.39, 0.29) is 17.9 Å². The van der Waals surface area contributed by atoms with Crippen molar-refractivity contribution in [2.75, 3.05) is 32.9 Å². The number of fused-ring (bicyclic) bond motifs is 1. The van der Waals surface area contributed by atoms with E-state index < -0.39 is 29.8 Å². The number of sulfonamides is 2. The van der Waals surface area contributed by atoms with Crippen LogP contribution in [0.25, 0.3) is 32.7 Å². The van der Waals surface area contributed by atoms with E-state index in [4.69, 9.17) is 10.9 Å². The summed E-state index contributed by atoms with van der Waals surface area (Å²) >= 11 is 1.26. The number of nitrogen functional groups attached to an aromatic ring is 1. The number of anilines is 1. The number of nitrogens with zero attached hydrogens (tertiary/aromatic N) is 4. The summed E-state index contributed by atoms with van der Waals surface area (Å²) in [5, 5.41) is 19.5.